The number of thiocarbonyl (C=S) groups is 2. The van der Waals surface area contributed by atoms with Gasteiger partial charge in [-0.15, -0.1) is 0 Å². The zero-order chi connectivity index (χ0) is 8.27. The molecule has 1 aliphatic rings. The fourth-order valence-corrected chi connectivity index (χ4v) is 1.34. The Bertz CT molecular complexity index is 253. The van der Waals surface area contributed by atoms with Gasteiger partial charge in [-0.3, -0.25) is 0 Å². The van der Waals surface area contributed by atoms with Gasteiger partial charge in [0.15, 0.2) is 0 Å². The van der Waals surface area contributed by atoms with Crippen molar-refractivity contribution >= 4 is 34.3 Å². The van der Waals surface area contributed by atoms with Gasteiger partial charge in [0, 0.05) is 16.9 Å². The summed E-state index contributed by atoms with van der Waals surface area (Å²) >= 11 is 9.99. The van der Waals surface area contributed by atoms with Gasteiger partial charge in [-0.05, 0) is 0 Å². The molecule has 0 unspecified atom stereocenters. The molecule has 1 rings (SSSR count). The van der Waals surface area contributed by atoms with E-state index in [1.807, 2.05) is 18.2 Å². The molecule has 4 heteroatoms. The highest BCUT2D eigenvalue weighted by atomic mass is 32.1. The Balaban J connectivity index is 2.84. The van der Waals surface area contributed by atoms with Crippen LogP contribution in [0.25, 0.3) is 0 Å². The third-order valence-electron chi connectivity index (χ3n) is 1.38. The molecule has 0 aromatic heterocycles. The molecule has 0 amide bonds. The van der Waals surface area contributed by atoms with Gasteiger partial charge >= 0.3 is 0 Å². The first-order chi connectivity index (χ1) is 5.25. The molecule has 0 bridgehead atoms. The maximum atomic E-state index is 5.15. The molecule has 2 nitrogen and oxygen atoms in total. The second-order valence-electron chi connectivity index (χ2n) is 2.11. The molecule has 0 aromatic carbocycles. The van der Waals surface area contributed by atoms with Crippen LogP contribution in [-0.2, 0) is 0 Å². The number of nitrogens with two attached hydrogens (primary N) is 1. The molecular formula is C7H8N2S2. The van der Waals surface area contributed by atoms with Crippen LogP contribution in [0.2, 0.25) is 0 Å². The van der Waals surface area contributed by atoms with Crippen molar-refractivity contribution in [2.45, 2.75) is 6.42 Å². The maximum Gasteiger partial charge on any atom is 0.121 e. The maximum absolute atomic E-state index is 5.15. The molecule has 0 heterocycles. The summed E-state index contributed by atoms with van der Waals surface area (Å²) in [4.78, 5) is 1.36. The van der Waals surface area contributed by atoms with Crippen LogP contribution in [0.5, 0.6) is 0 Å². The van der Waals surface area contributed by atoms with Crippen LogP contribution in [0.3, 0.4) is 0 Å². The van der Waals surface area contributed by atoms with Gasteiger partial charge in [-0.2, -0.15) is 0 Å². The first-order valence-electron chi connectivity index (χ1n) is 3.16. The Hall–Kier alpha value is -0.580. The molecule has 58 valence electrons. The largest absolute Gasteiger partial charge is 0.314 e. The van der Waals surface area contributed by atoms with Crippen LogP contribution in [-0.4, -0.2) is 9.85 Å². The third kappa shape index (κ3) is 1.92. The lowest BCUT2D eigenvalue weighted by atomic mass is 10.1. The molecule has 0 spiro atoms. The van der Waals surface area contributed by atoms with Gasteiger partial charge in [0.2, 0.25) is 0 Å². The predicted octanol–water partition coefficient (Wildman–Crippen LogP) is 1.03. The van der Waals surface area contributed by atoms with Crippen molar-refractivity contribution < 1.29 is 0 Å². The minimum atomic E-state index is 0.513. The summed E-state index contributed by atoms with van der Waals surface area (Å²) in [6.45, 7) is 0. The Kier molecular flexibility index (Phi) is 2.87. The fraction of sp³-hybridized carbons (Fsp3) is 0.143. The highest BCUT2D eigenvalue weighted by Crippen LogP contribution is 2.10. The molecule has 0 aliphatic heterocycles. The normalized spacial score (nSPS) is 16.1. The summed E-state index contributed by atoms with van der Waals surface area (Å²) in [6.07, 6.45) is 6.57. The summed E-state index contributed by atoms with van der Waals surface area (Å²) in [5, 5.41) is 0. The Morgan fingerprint density at radius 1 is 1.64 bits per heavy atom. The van der Waals surface area contributed by atoms with Crippen LogP contribution < -0.4 is 11.3 Å². The van der Waals surface area contributed by atoms with Crippen molar-refractivity contribution in [3.8, 4) is 0 Å². The van der Waals surface area contributed by atoms with Crippen molar-refractivity contribution in [2.75, 3.05) is 0 Å². The van der Waals surface area contributed by atoms with Gasteiger partial charge in [0.25, 0.3) is 0 Å². The zero-order valence-corrected chi connectivity index (χ0v) is 7.47. The highest BCUT2D eigenvalue weighted by Gasteiger charge is 2.09. The average molecular weight is 184 g/mol. The van der Waals surface area contributed by atoms with E-state index in [1.165, 1.54) is 0 Å². The van der Waals surface area contributed by atoms with Crippen molar-refractivity contribution in [3.63, 3.8) is 0 Å². The third-order valence-corrected chi connectivity index (χ3v) is 2.10. The summed E-state index contributed by atoms with van der Waals surface area (Å²) in [6, 6.07) is 0. The molecule has 0 saturated heterocycles. The van der Waals surface area contributed by atoms with E-state index < -0.39 is 0 Å². The van der Waals surface area contributed by atoms with Crippen molar-refractivity contribution in [1.29, 1.82) is 0 Å². The van der Waals surface area contributed by atoms with Crippen LogP contribution in [0.15, 0.2) is 23.8 Å². The van der Waals surface area contributed by atoms with E-state index in [2.05, 4.69) is 5.43 Å². The minimum Gasteiger partial charge on any atom is -0.314 e. The van der Waals surface area contributed by atoms with E-state index in [9.17, 15) is 0 Å². The average Bonchev–Trinajstić information content (AvgIpc) is 2.04. The fourth-order valence-electron chi connectivity index (χ4n) is 0.822. The Labute approximate surface area is 76.1 Å². The minimum absolute atomic E-state index is 0.513. The molecule has 0 fully saturated rings. The lowest BCUT2D eigenvalue weighted by molar-refractivity contribution is 1.05. The van der Waals surface area contributed by atoms with E-state index >= 15 is 0 Å². The monoisotopic (exact) mass is 184 g/mol. The lowest BCUT2D eigenvalue weighted by Gasteiger charge is -2.10. The number of rotatable bonds is 1. The molecule has 11 heavy (non-hydrogen) atoms. The lowest BCUT2D eigenvalue weighted by Crippen LogP contribution is -2.32. The number of nitrogens with one attached hydrogen (secondary N) is 1. The molecule has 3 N–H and O–H groups in total. The zero-order valence-electron chi connectivity index (χ0n) is 5.83. The van der Waals surface area contributed by atoms with Crippen LogP contribution >= 0.6 is 24.4 Å². The topological polar surface area (TPSA) is 38.0 Å². The van der Waals surface area contributed by atoms with Gasteiger partial charge in [-0.1, -0.05) is 42.7 Å². The highest BCUT2D eigenvalue weighted by molar-refractivity contribution is 7.83. The van der Waals surface area contributed by atoms with E-state index in [4.69, 9.17) is 30.3 Å². The van der Waals surface area contributed by atoms with Gasteiger partial charge in [0.05, 0.1) is 0 Å². The molecule has 1 aliphatic carbocycles. The molecule has 0 saturated carbocycles. The van der Waals surface area contributed by atoms with Crippen molar-refractivity contribution in [1.82, 2.24) is 5.43 Å². The SMILES string of the molecule is NNC(=S)C1=CC=CCC1=S. The summed E-state index contributed by atoms with van der Waals surface area (Å²) in [7, 11) is 0. The van der Waals surface area contributed by atoms with E-state index in [0.717, 1.165) is 16.9 Å². The summed E-state index contributed by atoms with van der Waals surface area (Å²) in [5.41, 5.74) is 3.27. The van der Waals surface area contributed by atoms with E-state index in [0.29, 0.717) is 4.99 Å². The van der Waals surface area contributed by atoms with Crippen LogP contribution in [0.4, 0.5) is 0 Å². The van der Waals surface area contributed by atoms with Gasteiger partial charge in [-0.25, -0.2) is 5.84 Å². The molecule has 0 radical (unpaired) electrons. The Morgan fingerprint density at radius 3 is 2.91 bits per heavy atom. The second kappa shape index (κ2) is 3.71. The van der Waals surface area contributed by atoms with Gasteiger partial charge in [0.1, 0.15) is 4.99 Å². The number of hydrogen-bond acceptors (Lipinski definition) is 3. The standard InChI is InChI=1S/C7H8N2S2/c8-9-7(11)5-3-1-2-4-6(5)10/h1-3H,4,8H2,(H,9,11). The number of allylic oxidation sites excluding steroid dienone is 3. The Morgan fingerprint density at radius 2 is 2.36 bits per heavy atom. The summed E-state index contributed by atoms with van der Waals surface area (Å²) < 4.78 is 0. The molecule has 0 atom stereocenters. The van der Waals surface area contributed by atoms with Crippen molar-refractivity contribution in [3.05, 3.63) is 23.8 Å². The number of hydrazine groups is 1. The smallest absolute Gasteiger partial charge is 0.121 e. The number of hydrogen-bond donors (Lipinski definition) is 2. The quantitative estimate of drug-likeness (QED) is 0.363. The van der Waals surface area contributed by atoms with Crippen molar-refractivity contribution in [2.24, 2.45) is 5.84 Å². The van der Waals surface area contributed by atoms with E-state index in [1.54, 1.807) is 0 Å². The van der Waals surface area contributed by atoms with Gasteiger partial charge < -0.3 is 5.43 Å². The molecule has 0 aromatic rings. The first-order valence-corrected chi connectivity index (χ1v) is 3.98. The van der Waals surface area contributed by atoms with Crippen LogP contribution in [0.1, 0.15) is 6.42 Å². The summed E-state index contributed by atoms with van der Waals surface area (Å²) in [5.74, 6) is 5.15. The second-order valence-corrected chi connectivity index (χ2v) is 3.01. The predicted molar refractivity (Wildman–Crippen MR) is 54.4 cm³/mol. The van der Waals surface area contributed by atoms with Crippen LogP contribution in [0, 0.1) is 0 Å². The van der Waals surface area contributed by atoms with E-state index in [-0.39, 0.29) is 0 Å². The first kappa shape index (κ1) is 8.52. The molecular weight excluding hydrogens is 176 g/mol.